The van der Waals surface area contributed by atoms with E-state index in [1.165, 1.54) is 14.2 Å². The van der Waals surface area contributed by atoms with E-state index in [1.807, 2.05) is 0 Å². The summed E-state index contributed by atoms with van der Waals surface area (Å²) >= 11 is 0. The summed E-state index contributed by atoms with van der Waals surface area (Å²) in [6, 6.07) is 3.79. The maximum atomic E-state index is 11.6. The van der Waals surface area contributed by atoms with Crippen LogP contribution in [0.1, 0.15) is 10.4 Å². The minimum absolute atomic E-state index is 0.117. The van der Waals surface area contributed by atoms with Crippen LogP contribution in [0.3, 0.4) is 0 Å². The summed E-state index contributed by atoms with van der Waals surface area (Å²) < 4.78 is 14.4. The molecule has 1 rings (SSSR count). The van der Waals surface area contributed by atoms with Crippen molar-refractivity contribution < 1.29 is 23.9 Å². The Bertz CT molecular complexity index is 549. The summed E-state index contributed by atoms with van der Waals surface area (Å²) in [6.07, 6.45) is 0. The Hall–Kier alpha value is -2.82. The molecule has 1 aromatic rings. The number of nitriles is 1. The van der Waals surface area contributed by atoms with Gasteiger partial charge in [-0.25, -0.2) is 4.79 Å². The van der Waals surface area contributed by atoms with Crippen LogP contribution in [-0.4, -0.2) is 31.7 Å². The molecule has 19 heavy (non-hydrogen) atoms. The summed E-state index contributed by atoms with van der Waals surface area (Å²) in [4.78, 5) is 21.8. The standard InChI is InChI=1S/C11H10N2O6/c1-17-9-5-7(11(14)19-4-3-12)8(13(15)16)6-10(9)18-2/h5-6H,4H2,1-2H3. The highest BCUT2D eigenvalue weighted by molar-refractivity contribution is 5.95. The number of rotatable bonds is 5. The Morgan fingerprint density at radius 3 is 2.42 bits per heavy atom. The van der Waals surface area contributed by atoms with E-state index in [4.69, 9.17) is 14.7 Å². The number of esters is 1. The average Bonchev–Trinajstić information content (AvgIpc) is 2.42. The van der Waals surface area contributed by atoms with Gasteiger partial charge in [-0.1, -0.05) is 0 Å². The van der Waals surface area contributed by atoms with Crippen molar-refractivity contribution in [2.75, 3.05) is 20.8 Å². The molecule has 0 atom stereocenters. The van der Waals surface area contributed by atoms with Gasteiger partial charge in [-0.05, 0) is 0 Å². The molecule has 0 amide bonds. The SMILES string of the molecule is COc1cc(C(=O)OCC#N)c([N+](=O)[O-])cc1OC. The zero-order chi connectivity index (χ0) is 14.4. The minimum Gasteiger partial charge on any atom is -0.493 e. The van der Waals surface area contributed by atoms with Gasteiger partial charge in [0.05, 0.1) is 25.2 Å². The van der Waals surface area contributed by atoms with E-state index in [0.717, 1.165) is 12.1 Å². The highest BCUT2D eigenvalue weighted by Gasteiger charge is 2.25. The van der Waals surface area contributed by atoms with Gasteiger partial charge in [-0.15, -0.1) is 0 Å². The number of carbonyl (C=O) groups is 1. The lowest BCUT2D eigenvalue weighted by Crippen LogP contribution is -2.09. The van der Waals surface area contributed by atoms with Gasteiger partial charge >= 0.3 is 5.97 Å². The van der Waals surface area contributed by atoms with Crippen molar-refractivity contribution in [3.63, 3.8) is 0 Å². The number of benzene rings is 1. The predicted molar refractivity (Wildman–Crippen MR) is 62.1 cm³/mol. The first-order chi connectivity index (χ1) is 9.04. The second-order valence-electron chi connectivity index (χ2n) is 3.22. The molecule has 0 bridgehead atoms. The van der Waals surface area contributed by atoms with Crippen LogP contribution >= 0.6 is 0 Å². The maximum absolute atomic E-state index is 11.6. The first-order valence-corrected chi connectivity index (χ1v) is 4.99. The van der Waals surface area contributed by atoms with Crippen LogP contribution in [0.2, 0.25) is 0 Å². The molecule has 0 aromatic heterocycles. The molecule has 0 saturated carbocycles. The lowest BCUT2D eigenvalue weighted by molar-refractivity contribution is -0.385. The zero-order valence-corrected chi connectivity index (χ0v) is 10.2. The number of hydrogen-bond donors (Lipinski definition) is 0. The van der Waals surface area contributed by atoms with Gasteiger partial charge in [0.2, 0.25) is 0 Å². The second-order valence-corrected chi connectivity index (χ2v) is 3.22. The number of ether oxygens (including phenoxy) is 3. The fraction of sp³-hybridized carbons (Fsp3) is 0.273. The summed E-state index contributed by atoms with van der Waals surface area (Å²) in [5, 5.41) is 19.2. The number of hydrogen-bond acceptors (Lipinski definition) is 7. The number of nitro benzene ring substituents is 1. The quantitative estimate of drug-likeness (QED) is 0.448. The monoisotopic (exact) mass is 266 g/mol. The molecule has 0 aliphatic carbocycles. The van der Waals surface area contributed by atoms with Crippen molar-refractivity contribution in [1.29, 1.82) is 5.26 Å². The van der Waals surface area contributed by atoms with Crippen LogP contribution in [-0.2, 0) is 4.74 Å². The molecule has 0 N–H and O–H groups in total. The van der Waals surface area contributed by atoms with Crippen LogP contribution in [0.4, 0.5) is 5.69 Å². The van der Waals surface area contributed by atoms with Gasteiger partial charge in [0.15, 0.2) is 18.1 Å². The van der Waals surface area contributed by atoms with Crippen molar-refractivity contribution in [3.8, 4) is 17.6 Å². The molecule has 8 heteroatoms. The highest BCUT2D eigenvalue weighted by Crippen LogP contribution is 2.34. The summed E-state index contributed by atoms with van der Waals surface area (Å²) in [5.74, 6) is -0.711. The Labute approximate surface area is 108 Å². The Morgan fingerprint density at radius 2 is 1.95 bits per heavy atom. The third-order valence-corrected chi connectivity index (χ3v) is 2.19. The van der Waals surface area contributed by atoms with Crippen LogP contribution in [0.25, 0.3) is 0 Å². The lowest BCUT2D eigenvalue weighted by atomic mass is 10.1. The molecule has 0 aliphatic heterocycles. The Balaban J connectivity index is 3.32. The van der Waals surface area contributed by atoms with E-state index >= 15 is 0 Å². The number of nitro groups is 1. The molecule has 0 heterocycles. The summed E-state index contributed by atoms with van der Waals surface area (Å²) in [5.41, 5.74) is -0.793. The fourth-order valence-electron chi connectivity index (χ4n) is 1.36. The molecular formula is C11H10N2O6. The van der Waals surface area contributed by atoms with Crippen molar-refractivity contribution in [3.05, 3.63) is 27.8 Å². The average molecular weight is 266 g/mol. The first-order valence-electron chi connectivity index (χ1n) is 4.99. The van der Waals surface area contributed by atoms with Gasteiger partial charge in [0.25, 0.3) is 5.69 Å². The largest absolute Gasteiger partial charge is 0.493 e. The van der Waals surface area contributed by atoms with E-state index in [9.17, 15) is 14.9 Å². The Kier molecular flexibility index (Phi) is 4.65. The zero-order valence-electron chi connectivity index (χ0n) is 10.2. The van der Waals surface area contributed by atoms with Crippen LogP contribution in [0, 0.1) is 21.4 Å². The fourth-order valence-corrected chi connectivity index (χ4v) is 1.36. The van der Waals surface area contributed by atoms with Crippen molar-refractivity contribution in [2.45, 2.75) is 0 Å². The molecule has 0 fully saturated rings. The van der Waals surface area contributed by atoms with E-state index in [1.54, 1.807) is 6.07 Å². The number of nitrogens with zero attached hydrogens (tertiary/aromatic N) is 2. The molecule has 1 aromatic carbocycles. The normalized spacial score (nSPS) is 9.32. The van der Waals surface area contributed by atoms with Gasteiger partial charge in [0, 0.05) is 6.07 Å². The van der Waals surface area contributed by atoms with E-state index < -0.39 is 23.2 Å². The number of methoxy groups -OCH3 is 2. The van der Waals surface area contributed by atoms with Crippen molar-refractivity contribution in [1.82, 2.24) is 0 Å². The summed E-state index contributed by atoms with van der Waals surface area (Å²) in [7, 11) is 2.64. The minimum atomic E-state index is -0.978. The Morgan fingerprint density at radius 1 is 1.37 bits per heavy atom. The van der Waals surface area contributed by atoms with Gasteiger partial charge in [-0.2, -0.15) is 5.26 Å². The third kappa shape index (κ3) is 3.10. The van der Waals surface area contributed by atoms with Crippen molar-refractivity contribution in [2.24, 2.45) is 0 Å². The van der Waals surface area contributed by atoms with Gasteiger partial charge < -0.3 is 14.2 Å². The van der Waals surface area contributed by atoms with Crippen LogP contribution in [0.5, 0.6) is 11.5 Å². The molecule has 0 radical (unpaired) electrons. The van der Waals surface area contributed by atoms with E-state index in [-0.39, 0.29) is 17.1 Å². The third-order valence-electron chi connectivity index (χ3n) is 2.19. The number of carbonyl (C=O) groups excluding carboxylic acids is 1. The van der Waals surface area contributed by atoms with Crippen LogP contribution < -0.4 is 9.47 Å². The van der Waals surface area contributed by atoms with Crippen LogP contribution in [0.15, 0.2) is 12.1 Å². The van der Waals surface area contributed by atoms with Gasteiger partial charge in [-0.3, -0.25) is 10.1 Å². The predicted octanol–water partition coefficient (Wildman–Crippen LogP) is 1.29. The van der Waals surface area contributed by atoms with Gasteiger partial charge in [0.1, 0.15) is 11.6 Å². The summed E-state index contributed by atoms with van der Waals surface area (Å²) in [6.45, 7) is -0.496. The molecule has 100 valence electrons. The molecule has 0 aliphatic rings. The van der Waals surface area contributed by atoms with Crippen molar-refractivity contribution >= 4 is 11.7 Å². The topological polar surface area (TPSA) is 112 Å². The highest BCUT2D eigenvalue weighted by atomic mass is 16.6. The molecule has 8 nitrogen and oxygen atoms in total. The molecule has 0 unspecified atom stereocenters. The smallest absolute Gasteiger partial charge is 0.346 e. The first kappa shape index (κ1) is 14.2. The second kappa shape index (κ2) is 6.20. The molecular weight excluding hydrogens is 256 g/mol. The molecule has 0 spiro atoms. The lowest BCUT2D eigenvalue weighted by Gasteiger charge is -2.09. The van der Waals surface area contributed by atoms with E-state index in [2.05, 4.69) is 4.74 Å². The maximum Gasteiger partial charge on any atom is 0.346 e. The molecule has 0 saturated heterocycles. The van der Waals surface area contributed by atoms with E-state index in [0.29, 0.717) is 0 Å².